The van der Waals surface area contributed by atoms with Gasteiger partial charge in [-0.1, -0.05) is 51.1 Å². The molecule has 13 heteroatoms. The summed E-state index contributed by atoms with van der Waals surface area (Å²) in [5, 5.41) is 2.52. The number of rotatable bonds is 11. The first-order valence-electron chi connectivity index (χ1n) is 17.2. The Kier molecular flexibility index (Phi) is 13.9. The summed E-state index contributed by atoms with van der Waals surface area (Å²) in [6.07, 6.45) is -1.16. The van der Waals surface area contributed by atoms with Crippen molar-refractivity contribution in [3.05, 3.63) is 35.9 Å². The number of esters is 3. The standard InChI is InChI=1S/C37H60N2O10Si/c1-34(2,3)47-30(41)25-22-27(31(42)48-35(4,5)6)39(28(25)32(43)49-36(7,8)9)29(40)26(20-21-46-50(13,14)37(10,11)12)38-33(44)45-23-24-18-16-15-17-19-24/h15-19,25-28H,20-23H2,1-14H3,(H,38,44)/t25-,26-,27-,28-/m0/s1. The highest BCUT2D eigenvalue weighted by molar-refractivity contribution is 6.74. The van der Waals surface area contributed by atoms with E-state index in [1.54, 1.807) is 74.4 Å². The van der Waals surface area contributed by atoms with Gasteiger partial charge in [-0.3, -0.25) is 9.59 Å². The third-order valence-corrected chi connectivity index (χ3v) is 12.8. The minimum atomic E-state index is -2.28. The lowest BCUT2D eigenvalue weighted by Crippen LogP contribution is -2.58. The highest BCUT2D eigenvalue weighted by Crippen LogP contribution is 2.38. The second-order valence-corrected chi connectivity index (χ2v) is 22.1. The van der Waals surface area contributed by atoms with Gasteiger partial charge >= 0.3 is 24.0 Å². The van der Waals surface area contributed by atoms with Crippen LogP contribution in [-0.4, -0.2) is 84.7 Å². The lowest BCUT2D eigenvalue weighted by atomic mass is 9.98. The number of likely N-dealkylation sites (tertiary alicyclic amines) is 1. The molecule has 12 nitrogen and oxygen atoms in total. The predicted octanol–water partition coefficient (Wildman–Crippen LogP) is 6.30. The Bertz CT molecular complexity index is 1350. The van der Waals surface area contributed by atoms with E-state index in [1.807, 2.05) is 18.2 Å². The summed E-state index contributed by atoms with van der Waals surface area (Å²) in [6, 6.07) is 4.80. The number of hydrogen-bond acceptors (Lipinski definition) is 10. The van der Waals surface area contributed by atoms with E-state index >= 15 is 0 Å². The summed E-state index contributed by atoms with van der Waals surface area (Å²) in [5.74, 6) is -4.53. The number of carbonyl (C=O) groups is 5. The molecule has 0 unspecified atom stereocenters. The summed E-state index contributed by atoms with van der Waals surface area (Å²) in [5.41, 5.74) is -2.14. The van der Waals surface area contributed by atoms with Crippen LogP contribution in [0.25, 0.3) is 0 Å². The fourth-order valence-corrected chi connectivity index (χ4v) is 6.04. The third kappa shape index (κ3) is 13.0. The molecule has 0 aromatic heterocycles. The summed E-state index contributed by atoms with van der Waals surface area (Å²) in [7, 11) is -2.28. The quantitative estimate of drug-likeness (QED) is 0.157. The zero-order valence-electron chi connectivity index (χ0n) is 32.6. The summed E-state index contributed by atoms with van der Waals surface area (Å²) >= 11 is 0. The second kappa shape index (κ2) is 16.3. The van der Waals surface area contributed by atoms with Crippen LogP contribution < -0.4 is 5.32 Å². The average molecular weight is 721 g/mol. The molecule has 50 heavy (non-hydrogen) atoms. The van der Waals surface area contributed by atoms with E-state index in [-0.39, 0.29) is 31.1 Å². The molecular formula is C37H60N2O10Si. The van der Waals surface area contributed by atoms with Crippen molar-refractivity contribution >= 4 is 38.2 Å². The van der Waals surface area contributed by atoms with Gasteiger partial charge in [0.25, 0.3) is 0 Å². The maximum absolute atomic E-state index is 14.8. The van der Waals surface area contributed by atoms with Gasteiger partial charge in [-0.15, -0.1) is 0 Å². The fraction of sp³-hybridized carbons (Fsp3) is 0.703. The van der Waals surface area contributed by atoms with E-state index < -0.39 is 79.1 Å². The molecule has 2 amide bonds. The topological polar surface area (TPSA) is 147 Å². The second-order valence-electron chi connectivity index (χ2n) is 17.3. The van der Waals surface area contributed by atoms with Gasteiger partial charge in [0.1, 0.15) is 41.5 Å². The predicted molar refractivity (Wildman–Crippen MR) is 191 cm³/mol. The maximum Gasteiger partial charge on any atom is 0.408 e. The lowest BCUT2D eigenvalue weighted by Gasteiger charge is -2.37. The van der Waals surface area contributed by atoms with Crippen LogP contribution in [0.5, 0.6) is 0 Å². The Hall–Kier alpha value is -3.45. The number of alkyl carbamates (subject to hydrolysis) is 1. The third-order valence-electron chi connectivity index (χ3n) is 8.26. The molecule has 1 saturated heterocycles. The Morgan fingerprint density at radius 3 is 1.78 bits per heavy atom. The molecular weight excluding hydrogens is 660 g/mol. The monoisotopic (exact) mass is 720 g/mol. The van der Waals surface area contributed by atoms with Crippen LogP contribution in [0, 0.1) is 5.92 Å². The van der Waals surface area contributed by atoms with Crippen LogP contribution >= 0.6 is 0 Å². The van der Waals surface area contributed by atoms with Crippen molar-refractivity contribution in [2.24, 2.45) is 5.92 Å². The van der Waals surface area contributed by atoms with Crippen LogP contribution in [0.3, 0.4) is 0 Å². The highest BCUT2D eigenvalue weighted by Gasteiger charge is 2.57. The summed E-state index contributed by atoms with van der Waals surface area (Å²) in [4.78, 5) is 70.4. The van der Waals surface area contributed by atoms with E-state index in [2.05, 4.69) is 39.2 Å². The van der Waals surface area contributed by atoms with Crippen LogP contribution in [0.1, 0.15) is 101 Å². The normalized spacial score (nSPS) is 19.3. The molecule has 0 spiro atoms. The van der Waals surface area contributed by atoms with Crippen molar-refractivity contribution in [2.45, 2.75) is 156 Å². The van der Waals surface area contributed by atoms with E-state index in [1.165, 1.54) is 0 Å². The van der Waals surface area contributed by atoms with Crippen LogP contribution in [0.4, 0.5) is 4.79 Å². The van der Waals surface area contributed by atoms with E-state index in [0.717, 1.165) is 10.5 Å². The maximum atomic E-state index is 14.8. The highest BCUT2D eigenvalue weighted by atomic mass is 28.4. The average Bonchev–Trinajstić information content (AvgIpc) is 3.34. The first-order chi connectivity index (χ1) is 22.6. The lowest BCUT2D eigenvalue weighted by molar-refractivity contribution is -0.175. The van der Waals surface area contributed by atoms with Crippen molar-refractivity contribution in [3.8, 4) is 0 Å². The Balaban J connectivity index is 2.63. The minimum Gasteiger partial charge on any atom is -0.460 e. The number of ether oxygens (including phenoxy) is 4. The molecule has 1 N–H and O–H groups in total. The molecule has 1 aliphatic heterocycles. The zero-order valence-corrected chi connectivity index (χ0v) is 33.6. The zero-order chi connectivity index (χ0) is 38.5. The molecule has 0 radical (unpaired) electrons. The van der Waals surface area contributed by atoms with Gasteiger partial charge in [0.15, 0.2) is 8.32 Å². The van der Waals surface area contributed by atoms with Gasteiger partial charge in [0.2, 0.25) is 5.91 Å². The van der Waals surface area contributed by atoms with Gasteiger partial charge in [-0.25, -0.2) is 14.4 Å². The molecule has 1 aromatic rings. The van der Waals surface area contributed by atoms with Gasteiger partial charge < -0.3 is 33.6 Å². The van der Waals surface area contributed by atoms with Crippen molar-refractivity contribution < 1.29 is 47.3 Å². The van der Waals surface area contributed by atoms with Crippen molar-refractivity contribution in [3.63, 3.8) is 0 Å². The van der Waals surface area contributed by atoms with Gasteiger partial charge in [-0.05, 0) is 98.9 Å². The number of nitrogens with zero attached hydrogens (tertiary/aromatic N) is 1. The molecule has 2 rings (SSSR count). The Labute approximate surface area is 299 Å². The van der Waals surface area contributed by atoms with Crippen LogP contribution in [-0.2, 0) is 49.2 Å². The number of nitrogens with one attached hydrogen (secondary N) is 1. The first-order valence-corrected chi connectivity index (χ1v) is 20.1. The van der Waals surface area contributed by atoms with E-state index in [0.29, 0.717) is 0 Å². The van der Waals surface area contributed by atoms with Gasteiger partial charge in [0.05, 0.1) is 5.92 Å². The molecule has 1 heterocycles. The minimum absolute atomic E-state index is 0.0124. The summed E-state index contributed by atoms with van der Waals surface area (Å²) < 4.78 is 28.9. The molecule has 1 aliphatic rings. The number of benzene rings is 1. The first kappa shape index (κ1) is 42.7. The van der Waals surface area contributed by atoms with Crippen molar-refractivity contribution in [1.82, 2.24) is 10.2 Å². The molecule has 1 aromatic carbocycles. The summed E-state index contributed by atoms with van der Waals surface area (Å²) in [6.45, 7) is 25.4. The molecule has 0 aliphatic carbocycles. The van der Waals surface area contributed by atoms with Crippen LogP contribution in [0.15, 0.2) is 30.3 Å². The Morgan fingerprint density at radius 1 is 0.780 bits per heavy atom. The van der Waals surface area contributed by atoms with Gasteiger partial charge in [-0.2, -0.15) is 0 Å². The number of carbonyl (C=O) groups excluding carboxylic acids is 5. The van der Waals surface area contributed by atoms with Crippen molar-refractivity contribution in [1.29, 1.82) is 0 Å². The van der Waals surface area contributed by atoms with Crippen molar-refractivity contribution in [2.75, 3.05) is 6.61 Å². The molecule has 0 saturated carbocycles. The smallest absolute Gasteiger partial charge is 0.408 e. The van der Waals surface area contributed by atoms with Crippen LogP contribution in [0.2, 0.25) is 18.1 Å². The largest absolute Gasteiger partial charge is 0.460 e. The van der Waals surface area contributed by atoms with E-state index in [4.69, 9.17) is 23.4 Å². The SMILES string of the molecule is CC(C)(C)OC(=O)[C@H]1C[C@@H](C(=O)OC(C)(C)C)N(C(=O)[C@H](CCO[Si](C)(C)C(C)(C)C)NC(=O)OCc2ccccc2)[C@@H]1C(=O)OC(C)(C)C. The molecule has 1 fully saturated rings. The Morgan fingerprint density at radius 2 is 1.28 bits per heavy atom. The van der Waals surface area contributed by atoms with Gasteiger partial charge in [0, 0.05) is 6.61 Å². The molecule has 282 valence electrons. The number of hydrogen-bond donors (Lipinski definition) is 1. The molecule has 0 bridgehead atoms. The molecule has 4 atom stereocenters. The fourth-order valence-electron chi connectivity index (χ4n) is 4.98. The number of amides is 2. The van der Waals surface area contributed by atoms with E-state index in [9.17, 15) is 24.0 Å².